The maximum Gasteiger partial charge on any atom is 0.131 e. The van der Waals surface area contributed by atoms with Crippen LogP contribution in [0.4, 0.5) is 4.39 Å². The van der Waals surface area contributed by atoms with Crippen LogP contribution in [0.25, 0.3) is 11.6 Å². The van der Waals surface area contributed by atoms with Crippen LogP contribution in [-0.2, 0) is 6.54 Å². The summed E-state index contributed by atoms with van der Waals surface area (Å²) < 4.78 is 16.0. The Balaban J connectivity index is 2.54. The molecule has 0 aliphatic carbocycles. The first-order valence-corrected chi connectivity index (χ1v) is 6.62. The van der Waals surface area contributed by atoms with Crippen molar-refractivity contribution in [2.75, 3.05) is 0 Å². The van der Waals surface area contributed by atoms with Crippen LogP contribution >= 0.6 is 0 Å². The number of halogens is 1. The van der Waals surface area contributed by atoms with Gasteiger partial charge < -0.3 is 4.57 Å². The fraction of sp³-hybridized carbons (Fsp3) is 0.235. The predicted octanol–water partition coefficient (Wildman–Crippen LogP) is 4.33. The molecule has 20 heavy (non-hydrogen) atoms. The smallest absolute Gasteiger partial charge is 0.131 e. The quantitative estimate of drug-likeness (QED) is 0.762. The van der Waals surface area contributed by atoms with Gasteiger partial charge in [-0.3, -0.25) is 0 Å². The highest BCUT2D eigenvalue weighted by atomic mass is 19.1. The van der Waals surface area contributed by atoms with Crippen molar-refractivity contribution >= 4 is 11.6 Å². The van der Waals surface area contributed by atoms with Gasteiger partial charge in [-0.2, -0.15) is 5.26 Å². The molecule has 0 saturated carbocycles. The zero-order chi connectivity index (χ0) is 14.7. The minimum absolute atomic E-state index is 0.344. The molecule has 2 aromatic rings. The van der Waals surface area contributed by atoms with E-state index >= 15 is 0 Å². The van der Waals surface area contributed by atoms with Crippen molar-refractivity contribution < 1.29 is 4.39 Å². The molecule has 2 rings (SSSR count). The zero-order valence-electron chi connectivity index (χ0n) is 11.9. The lowest BCUT2D eigenvalue weighted by Crippen LogP contribution is -1.98. The third-order valence-electron chi connectivity index (χ3n) is 3.51. The summed E-state index contributed by atoms with van der Waals surface area (Å²) in [4.78, 5) is 0. The van der Waals surface area contributed by atoms with Crippen LogP contribution in [0.5, 0.6) is 0 Å². The SMILES string of the molecule is CCn1c(C)cc(/C=C(/C#N)c2ccccc2F)c1C. The standard InChI is InChI=1S/C17H17FN2/c1-4-20-12(2)9-14(13(20)3)10-15(11-19)16-7-5-6-8-17(16)18/h5-10H,4H2,1-3H3/b15-10-. The van der Waals surface area contributed by atoms with Crippen molar-refractivity contribution in [3.8, 4) is 6.07 Å². The highest BCUT2D eigenvalue weighted by Crippen LogP contribution is 2.24. The van der Waals surface area contributed by atoms with E-state index in [9.17, 15) is 9.65 Å². The predicted molar refractivity (Wildman–Crippen MR) is 79.5 cm³/mol. The number of aryl methyl sites for hydroxylation is 1. The second-order valence-corrected chi connectivity index (χ2v) is 4.72. The van der Waals surface area contributed by atoms with E-state index in [1.165, 1.54) is 6.07 Å². The molecule has 1 aromatic heterocycles. The topological polar surface area (TPSA) is 28.7 Å². The van der Waals surface area contributed by atoms with Gasteiger partial charge in [-0.1, -0.05) is 18.2 Å². The first-order chi connectivity index (χ1) is 9.58. The lowest BCUT2D eigenvalue weighted by atomic mass is 10.0. The van der Waals surface area contributed by atoms with Crippen LogP contribution in [0.3, 0.4) is 0 Å². The summed E-state index contributed by atoms with van der Waals surface area (Å²) in [5.41, 5.74) is 3.89. The zero-order valence-corrected chi connectivity index (χ0v) is 11.9. The summed E-state index contributed by atoms with van der Waals surface area (Å²) in [5, 5.41) is 9.30. The van der Waals surface area contributed by atoms with Gasteiger partial charge >= 0.3 is 0 Å². The van der Waals surface area contributed by atoms with Crippen molar-refractivity contribution in [1.82, 2.24) is 4.57 Å². The maximum absolute atomic E-state index is 13.8. The van der Waals surface area contributed by atoms with Gasteiger partial charge in [-0.15, -0.1) is 0 Å². The van der Waals surface area contributed by atoms with Crippen molar-refractivity contribution in [3.63, 3.8) is 0 Å². The van der Waals surface area contributed by atoms with Crippen LogP contribution < -0.4 is 0 Å². The van der Waals surface area contributed by atoms with E-state index in [1.54, 1.807) is 24.3 Å². The fourth-order valence-electron chi connectivity index (χ4n) is 2.47. The van der Waals surface area contributed by atoms with Crippen LogP contribution in [0.15, 0.2) is 30.3 Å². The second kappa shape index (κ2) is 5.75. The molecule has 0 saturated heterocycles. The number of nitrogens with zero attached hydrogens (tertiary/aromatic N) is 2. The molecule has 0 bridgehead atoms. The fourth-order valence-corrected chi connectivity index (χ4v) is 2.47. The maximum atomic E-state index is 13.8. The average molecular weight is 268 g/mol. The number of aromatic nitrogens is 1. The lowest BCUT2D eigenvalue weighted by molar-refractivity contribution is 0.624. The molecule has 1 aromatic carbocycles. The molecule has 0 N–H and O–H groups in total. The lowest BCUT2D eigenvalue weighted by Gasteiger charge is -2.05. The summed E-state index contributed by atoms with van der Waals surface area (Å²) in [5.74, 6) is -0.371. The van der Waals surface area contributed by atoms with Gasteiger partial charge in [0.05, 0.1) is 11.6 Å². The van der Waals surface area contributed by atoms with Gasteiger partial charge in [0.15, 0.2) is 0 Å². The average Bonchev–Trinajstić information content (AvgIpc) is 2.71. The van der Waals surface area contributed by atoms with Crippen LogP contribution in [0.2, 0.25) is 0 Å². The monoisotopic (exact) mass is 268 g/mol. The largest absolute Gasteiger partial charge is 0.349 e. The Labute approximate surface area is 118 Å². The summed E-state index contributed by atoms with van der Waals surface area (Å²) in [6.07, 6.45) is 1.76. The Morgan fingerprint density at radius 3 is 2.60 bits per heavy atom. The molecule has 3 heteroatoms. The van der Waals surface area contributed by atoms with Crippen molar-refractivity contribution in [3.05, 3.63) is 58.7 Å². The molecule has 0 amide bonds. The third kappa shape index (κ3) is 2.50. The summed E-state index contributed by atoms with van der Waals surface area (Å²) in [7, 11) is 0. The normalized spacial score (nSPS) is 11.4. The van der Waals surface area contributed by atoms with Gasteiger partial charge in [0.1, 0.15) is 5.82 Å². The third-order valence-corrected chi connectivity index (χ3v) is 3.51. The number of rotatable bonds is 3. The van der Waals surface area contributed by atoms with E-state index in [-0.39, 0.29) is 5.82 Å². The minimum atomic E-state index is -0.371. The number of benzene rings is 1. The van der Waals surface area contributed by atoms with Gasteiger partial charge in [-0.05, 0) is 44.5 Å². The molecular weight excluding hydrogens is 251 g/mol. The molecule has 0 aliphatic heterocycles. The van der Waals surface area contributed by atoms with E-state index in [4.69, 9.17) is 0 Å². The van der Waals surface area contributed by atoms with Crippen LogP contribution in [0, 0.1) is 31.0 Å². The van der Waals surface area contributed by atoms with Crippen molar-refractivity contribution in [1.29, 1.82) is 5.26 Å². The number of hydrogen-bond donors (Lipinski definition) is 0. The highest BCUT2D eigenvalue weighted by Gasteiger charge is 2.10. The van der Waals surface area contributed by atoms with Crippen molar-refractivity contribution in [2.45, 2.75) is 27.3 Å². The molecule has 0 atom stereocenters. The molecular formula is C17H17FN2. The molecule has 0 radical (unpaired) electrons. The molecule has 0 fully saturated rings. The Bertz CT molecular complexity index is 702. The Morgan fingerprint density at radius 1 is 1.35 bits per heavy atom. The summed E-state index contributed by atoms with van der Waals surface area (Å²) >= 11 is 0. The van der Waals surface area contributed by atoms with Gasteiger partial charge in [0.2, 0.25) is 0 Å². The number of nitriles is 1. The van der Waals surface area contributed by atoms with Gasteiger partial charge in [0.25, 0.3) is 0 Å². The summed E-state index contributed by atoms with van der Waals surface area (Å²) in [6.45, 7) is 7.00. The van der Waals surface area contributed by atoms with E-state index in [0.29, 0.717) is 11.1 Å². The molecule has 0 aliphatic rings. The van der Waals surface area contributed by atoms with Crippen LogP contribution in [-0.4, -0.2) is 4.57 Å². The number of allylic oxidation sites excluding steroid dienone is 1. The molecule has 0 spiro atoms. The second-order valence-electron chi connectivity index (χ2n) is 4.72. The molecule has 102 valence electrons. The first-order valence-electron chi connectivity index (χ1n) is 6.62. The van der Waals surface area contributed by atoms with E-state index in [0.717, 1.165) is 23.5 Å². The first kappa shape index (κ1) is 14.1. The Hall–Kier alpha value is -2.34. The van der Waals surface area contributed by atoms with E-state index in [2.05, 4.69) is 17.6 Å². The minimum Gasteiger partial charge on any atom is -0.349 e. The number of hydrogen-bond acceptors (Lipinski definition) is 1. The molecule has 0 unspecified atom stereocenters. The van der Waals surface area contributed by atoms with Crippen molar-refractivity contribution in [2.24, 2.45) is 0 Å². The Morgan fingerprint density at radius 2 is 2.05 bits per heavy atom. The summed E-state index contributed by atoms with van der Waals surface area (Å²) in [6, 6.07) is 10.5. The van der Waals surface area contributed by atoms with E-state index < -0.39 is 0 Å². The molecule has 2 nitrogen and oxygen atoms in total. The molecule has 1 heterocycles. The van der Waals surface area contributed by atoms with E-state index in [1.807, 2.05) is 19.9 Å². The van der Waals surface area contributed by atoms with Gasteiger partial charge in [-0.25, -0.2) is 4.39 Å². The highest BCUT2D eigenvalue weighted by molar-refractivity contribution is 5.90. The van der Waals surface area contributed by atoms with Gasteiger partial charge in [0, 0.05) is 23.5 Å². The van der Waals surface area contributed by atoms with Crippen LogP contribution in [0.1, 0.15) is 29.4 Å². The Kier molecular flexibility index (Phi) is 4.05.